The molecule has 1 aromatic heterocycles. The van der Waals surface area contributed by atoms with Gasteiger partial charge < -0.3 is 15.5 Å². The molecule has 2 rings (SSSR count). The zero-order chi connectivity index (χ0) is 17.9. The molecule has 7 heteroatoms. The van der Waals surface area contributed by atoms with E-state index in [0.29, 0.717) is 0 Å². The van der Waals surface area contributed by atoms with Crippen molar-refractivity contribution >= 4 is 41.3 Å². The summed E-state index contributed by atoms with van der Waals surface area (Å²) in [6.07, 6.45) is 12.2. The fourth-order valence-corrected chi connectivity index (χ4v) is 4.24. The molecule has 1 aromatic rings. The van der Waals surface area contributed by atoms with Crippen molar-refractivity contribution in [3.63, 3.8) is 0 Å². The molecule has 0 bridgehead atoms. The first-order chi connectivity index (χ1) is 12.2. The molecular weight excluding hydrogens is 457 g/mol. The zero-order valence-electron chi connectivity index (χ0n) is 16.6. The van der Waals surface area contributed by atoms with Gasteiger partial charge in [-0.1, -0.05) is 26.2 Å². The van der Waals surface area contributed by atoms with Crippen LogP contribution in [0, 0.1) is 0 Å². The van der Waals surface area contributed by atoms with E-state index in [1.54, 1.807) is 0 Å². The molecule has 0 amide bonds. The van der Waals surface area contributed by atoms with Gasteiger partial charge in [-0.2, -0.15) is 0 Å². The number of nitrogens with one attached hydrogen (secondary N) is 2. The molecule has 1 saturated carbocycles. The summed E-state index contributed by atoms with van der Waals surface area (Å²) in [7, 11) is 4.11. The van der Waals surface area contributed by atoms with Crippen LogP contribution in [0.4, 0.5) is 0 Å². The topological polar surface area (TPSA) is 52.6 Å². The van der Waals surface area contributed by atoms with Crippen LogP contribution < -0.4 is 10.6 Å². The number of aryl methyl sites for hydroxylation is 1. The second-order valence-corrected chi connectivity index (χ2v) is 8.08. The maximum Gasteiger partial charge on any atom is 0.190 e. The van der Waals surface area contributed by atoms with Gasteiger partial charge in [0, 0.05) is 43.7 Å². The molecule has 0 atom stereocenters. The maximum atomic E-state index is 4.46. The standard InChI is InChI=1S/C19H35N5S.HI/c1-4-17-15-23-18(25-17)11-13-22-19(20-2)21-12-8-14-24(3)16-9-6-5-7-10-16;/h15-16H,4-14H2,1-3H3,(H2,20,21,22);1H. The highest BCUT2D eigenvalue weighted by atomic mass is 127. The van der Waals surface area contributed by atoms with Crippen LogP contribution >= 0.6 is 35.3 Å². The van der Waals surface area contributed by atoms with Gasteiger partial charge in [-0.05, 0) is 39.3 Å². The number of thiazole rings is 1. The first kappa shape index (κ1) is 23.6. The van der Waals surface area contributed by atoms with Gasteiger partial charge in [0.2, 0.25) is 0 Å². The van der Waals surface area contributed by atoms with Gasteiger partial charge >= 0.3 is 0 Å². The van der Waals surface area contributed by atoms with Gasteiger partial charge in [0.05, 0.1) is 5.01 Å². The molecule has 150 valence electrons. The van der Waals surface area contributed by atoms with E-state index in [2.05, 4.69) is 39.5 Å². The van der Waals surface area contributed by atoms with Gasteiger partial charge in [0.1, 0.15) is 0 Å². The summed E-state index contributed by atoms with van der Waals surface area (Å²) in [6.45, 7) is 5.17. The molecule has 0 aromatic carbocycles. The number of halogens is 1. The van der Waals surface area contributed by atoms with Crippen LogP contribution in [0.25, 0.3) is 0 Å². The molecule has 0 saturated heterocycles. The Bertz CT molecular complexity index is 514. The quantitative estimate of drug-likeness (QED) is 0.239. The molecule has 5 nitrogen and oxygen atoms in total. The summed E-state index contributed by atoms with van der Waals surface area (Å²) in [5, 5.41) is 8.02. The molecule has 1 aliphatic carbocycles. The molecule has 1 heterocycles. The van der Waals surface area contributed by atoms with Gasteiger partial charge in [-0.15, -0.1) is 35.3 Å². The zero-order valence-corrected chi connectivity index (χ0v) is 19.7. The Labute approximate surface area is 180 Å². The van der Waals surface area contributed by atoms with Gasteiger partial charge in [0.15, 0.2) is 5.96 Å². The second kappa shape index (κ2) is 13.7. The third-order valence-electron chi connectivity index (χ3n) is 4.98. The second-order valence-electron chi connectivity index (χ2n) is 6.88. The van der Waals surface area contributed by atoms with Crippen LogP contribution in [-0.4, -0.2) is 55.6 Å². The number of rotatable bonds is 9. The van der Waals surface area contributed by atoms with E-state index >= 15 is 0 Å². The first-order valence-electron chi connectivity index (χ1n) is 9.81. The molecule has 1 aliphatic rings. The van der Waals surface area contributed by atoms with Crippen LogP contribution in [0.1, 0.15) is 55.3 Å². The third-order valence-corrected chi connectivity index (χ3v) is 6.18. The number of aromatic nitrogens is 1. The van der Waals surface area contributed by atoms with E-state index in [9.17, 15) is 0 Å². The summed E-state index contributed by atoms with van der Waals surface area (Å²) >= 11 is 1.81. The average Bonchev–Trinajstić information content (AvgIpc) is 3.12. The largest absolute Gasteiger partial charge is 0.356 e. The van der Waals surface area contributed by atoms with Crippen LogP contribution in [0.5, 0.6) is 0 Å². The van der Waals surface area contributed by atoms with Crippen LogP contribution in [0.15, 0.2) is 11.2 Å². The van der Waals surface area contributed by atoms with Crippen molar-refractivity contribution < 1.29 is 0 Å². The Balaban J connectivity index is 0.00000338. The van der Waals surface area contributed by atoms with E-state index in [0.717, 1.165) is 50.9 Å². The summed E-state index contributed by atoms with van der Waals surface area (Å²) in [5.41, 5.74) is 0. The van der Waals surface area contributed by atoms with Crippen LogP contribution in [0.3, 0.4) is 0 Å². The fraction of sp³-hybridized carbons (Fsp3) is 0.789. The minimum atomic E-state index is 0. The Morgan fingerprint density at radius 2 is 2.00 bits per heavy atom. The Kier molecular flexibility index (Phi) is 12.5. The molecule has 1 fully saturated rings. The van der Waals surface area contributed by atoms with Gasteiger partial charge in [-0.25, -0.2) is 4.98 Å². The van der Waals surface area contributed by atoms with Gasteiger partial charge in [0.25, 0.3) is 0 Å². The Morgan fingerprint density at radius 3 is 2.65 bits per heavy atom. The minimum absolute atomic E-state index is 0. The lowest BCUT2D eigenvalue weighted by molar-refractivity contribution is 0.190. The SMILES string of the molecule is CCc1cnc(CCNC(=NC)NCCCN(C)C2CCCCC2)s1.I. The van der Waals surface area contributed by atoms with E-state index in [1.165, 1.54) is 42.0 Å². The summed E-state index contributed by atoms with van der Waals surface area (Å²) in [6, 6.07) is 0.803. The minimum Gasteiger partial charge on any atom is -0.356 e. The first-order valence-corrected chi connectivity index (χ1v) is 10.6. The smallest absolute Gasteiger partial charge is 0.190 e. The number of hydrogen-bond acceptors (Lipinski definition) is 4. The van der Waals surface area contributed by atoms with Crippen LogP contribution in [0.2, 0.25) is 0 Å². The third kappa shape index (κ3) is 8.52. The van der Waals surface area contributed by atoms with E-state index in [4.69, 9.17) is 0 Å². The molecule has 2 N–H and O–H groups in total. The Morgan fingerprint density at radius 1 is 1.27 bits per heavy atom. The van der Waals surface area contributed by atoms with Crippen molar-refractivity contribution in [2.75, 3.05) is 33.7 Å². The van der Waals surface area contributed by atoms with Crippen molar-refractivity contribution in [2.45, 2.75) is 64.3 Å². The molecule has 0 unspecified atom stereocenters. The maximum absolute atomic E-state index is 4.46. The monoisotopic (exact) mass is 493 g/mol. The van der Waals surface area contributed by atoms with E-state index in [-0.39, 0.29) is 24.0 Å². The number of guanidine groups is 1. The van der Waals surface area contributed by atoms with E-state index < -0.39 is 0 Å². The average molecular weight is 494 g/mol. The van der Waals surface area contributed by atoms with Crippen LogP contribution in [-0.2, 0) is 12.8 Å². The van der Waals surface area contributed by atoms with Crippen molar-refractivity contribution in [3.05, 3.63) is 16.1 Å². The van der Waals surface area contributed by atoms with E-state index in [1.807, 2.05) is 24.6 Å². The highest BCUT2D eigenvalue weighted by molar-refractivity contribution is 14.0. The van der Waals surface area contributed by atoms with Crippen molar-refractivity contribution in [1.29, 1.82) is 0 Å². The lowest BCUT2D eigenvalue weighted by Gasteiger charge is -2.31. The summed E-state index contributed by atoms with van der Waals surface area (Å²) in [5.74, 6) is 0.896. The van der Waals surface area contributed by atoms with Crippen molar-refractivity contribution in [2.24, 2.45) is 4.99 Å². The highest BCUT2D eigenvalue weighted by Crippen LogP contribution is 2.21. The van der Waals surface area contributed by atoms with Crippen molar-refractivity contribution in [1.82, 2.24) is 20.5 Å². The van der Waals surface area contributed by atoms with Crippen molar-refractivity contribution in [3.8, 4) is 0 Å². The number of hydrogen-bond donors (Lipinski definition) is 2. The molecular formula is C19H36IN5S. The number of nitrogens with zero attached hydrogens (tertiary/aromatic N) is 3. The molecule has 0 spiro atoms. The summed E-state index contributed by atoms with van der Waals surface area (Å²) < 4.78 is 0. The van der Waals surface area contributed by atoms with Gasteiger partial charge in [-0.3, -0.25) is 4.99 Å². The predicted molar refractivity (Wildman–Crippen MR) is 124 cm³/mol. The lowest BCUT2D eigenvalue weighted by Crippen LogP contribution is -2.40. The lowest BCUT2D eigenvalue weighted by atomic mass is 9.94. The summed E-state index contributed by atoms with van der Waals surface area (Å²) in [4.78, 5) is 12.7. The number of aliphatic imine (C=N–C) groups is 1. The molecule has 0 radical (unpaired) electrons. The fourth-order valence-electron chi connectivity index (χ4n) is 3.38. The molecule has 26 heavy (non-hydrogen) atoms. The normalized spacial score (nSPS) is 15.8. The Hall–Kier alpha value is -0.410. The predicted octanol–water partition coefficient (Wildman–Crippen LogP) is 3.69. The highest BCUT2D eigenvalue weighted by Gasteiger charge is 2.17. The molecule has 0 aliphatic heterocycles.